The lowest BCUT2D eigenvalue weighted by atomic mass is 10.0. The van der Waals surface area contributed by atoms with E-state index in [1.807, 2.05) is 30.3 Å². The molecule has 1 aliphatic rings. The molecule has 7 nitrogen and oxygen atoms in total. The van der Waals surface area contributed by atoms with Crippen LogP contribution in [-0.2, 0) is 11.2 Å². The molecule has 3 aromatic rings. The van der Waals surface area contributed by atoms with E-state index in [9.17, 15) is 9.59 Å². The second kappa shape index (κ2) is 8.26. The number of carboxylic acids is 1. The highest BCUT2D eigenvalue weighted by Crippen LogP contribution is 2.31. The third-order valence-corrected chi connectivity index (χ3v) is 5.14. The Bertz CT molecular complexity index is 998. The number of amides is 1. The summed E-state index contributed by atoms with van der Waals surface area (Å²) in [7, 11) is 0. The molecule has 0 spiro atoms. The molecule has 0 aliphatic carbocycles. The number of aromatic carboxylic acids is 1. The lowest BCUT2D eigenvalue weighted by Gasteiger charge is -2.33. The number of benzene rings is 2. The molecule has 0 saturated carbocycles. The second-order valence-electron chi connectivity index (χ2n) is 7.10. The van der Waals surface area contributed by atoms with Gasteiger partial charge in [-0.2, -0.15) is 4.98 Å². The largest absolute Gasteiger partial charge is 0.478 e. The van der Waals surface area contributed by atoms with Crippen molar-refractivity contribution in [2.75, 3.05) is 6.54 Å². The monoisotopic (exact) mass is 391 g/mol. The molecule has 1 unspecified atom stereocenters. The fourth-order valence-corrected chi connectivity index (χ4v) is 3.60. The minimum absolute atomic E-state index is 0.0303. The van der Waals surface area contributed by atoms with Crippen LogP contribution in [0.15, 0.2) is 59.1 Å². The number of carboxylic acid groups (broad SMARTS) is 1. The minimum Gasteiger partial charge on any atom is -0.478 e. The number of rotatable bonds is 5. The molecule has 7 heteroatoms. The molecule has 2 heterocycles. The third kappa shape index (κ3) is 4.18. The number of carbonyl (C=O) groups excluding carboxylic acids is 1. The predicted molar refractivity (Wildman–Crippen MR) is 105 cm³/mol. The Labute approximate surface area is 168 Å². The van der Waals surface area contributed by atoms with Crippen molar-refractivity contribution in [2.24, 2.45) is 0 Å². The molecule has 1 atom stereocenters. The topological polar surface area (TPSA) is 96.5 Å². The third-order valence-electron chi connectivity index (χ3n) is 5.14. The lowest BCUT2D eigenvalue weighted by molar-refractivity contribution is -0.135. The summed E-state index contributed by atoms with van der Waals surface area (Å²) >= 11 is 0. The molecule has 4 rings (SSSR count). The van der Waals surface area contributed by atoms with Crippen molar-refractivity contribution in [2.45, 2.75) is 31.7 Å². The minimum atomic E-state index is -0.982. The van der Waals surface area contributed by atoms with E-state index in [1.54, 1.807) is 17.0 Å². The SMILES string of the molecule is O=C(O)c1ccc(CC(=O)N2CCCCC2c2nc(-c3ccccc3)no2)cc1. The first-order valence-electron chi connectivity index (χ1n) is 9.62. The molecular formula is C22H21N3O4. The van der Waals surface area contributed by atoms with Crippen LogP contribution in [0.1, 0.15) is 47.1 Å². The number of likely N-dealkylation sites (tertiary alicyclic amines) is 1. The van der Waals surface area contributed by atoms with Crippen molar-refractivity contribution in [3.63, 3.8) is 0 Å². The number of nitrogens with zero attached hydrogens (tertiary/aromatic N) is 3. The van der Waals surface area contributed by atoms with Crippen LogP contribution < -0.4 is 0 Å². The van der Waals surface area contributed by atoms with Crippen LogP contribution in [0.5, 0.6) is 0 Å². The highest BCUT2D eigenvalue weighted by Gasteiger charge is 2.32. The van der Waals surface area contributed by atoms with Gasteiger partial charge in [0, 0.05) is 12.1 Å². The summed E-state index contributed by atoms with van der Waals surface area (Å²) in [4.78, 5) is 30.3. The Balaban J connectivity index is 1.51. The number of aromatic nitrogens is 2. The molecule has 2 aromatic carbocycles. The fourth-order valence-electron chi connectivity index (χ4n) is 3.60. The predicted octanol–water partition coefficient (Wildman–Crippen LogP) is 3.73. The van der Waals surface area contributed by atoms with Gasteiger partial charge in [0.2, 0.25) is 17.6 Å². The molecule has 1 N–H and O–H groups in total. The Kier molecular flexibility index (Phi) is 5.37. The van der Waals surface area contributed by atoms with Crippen LogP contribution in [0.25, 0.3) is 11.4 Å². The summed E-state index contributed by atoms with van der Waals surface area (Å²) in [5, 5.41) is 13.1. The number of hydrogen-bond acceptors (Lipinski definition) is 5. The lowest BCUT2D eigenvalue weighted by Crippen LogP contribution is -2.39. The van der Waals surface area contributed by atoms with Gasteiger partial charge in [-0.15, -0.1) is 0 Å². The van der Waals surface area contributed by atoms with Gasteiger partial charge in [-0.3, -0.25) is 4.79 Å². The van der Waals surface area contributed by atoms with Crippen LogP contribution in [0.3, 0.4) is 0 Å². The van der Waals surface area contributed by atoms with E-state index in [4.69, 9.17) is 9.63 Å². The molecule has 148 valence electrons. The van der Waals surface area contributed by atoms with Crippen molar-refractivity contribution < 1.29 is 19.2 Å². The average molecular weight is 391 g/mol. The summed E-state index contributed by atoms with van der Waals surface area (Å²) in [5.41, 5.74) is 1.85. The van der Waals surface area contributed by atoms with E-state index in [1.165, 1.54) is 12.1 Å². The maximum atomic E-state index is 13.0. The average Bonchev–Trinajstić information content (AvgIpc) is 3.25. The zero-order valence-corrected chi connectivity index (χ0v) is 15.8. The maximum absolute atomic E-state index is 13.0. The van der Waals surface area contributed by atoms with Gasteiger partial charge in [0.05, 0.1) is 12.0 Å². The second-order valence-corrected chi connectivity index (χ2v) is 7.10. The molecule has 0 radical (unpaired) electrons. The Morgan fingerprint density at radius 2 is 1.83 bits per heavy atom. The van der Waals surface area contributed by atoms with Gasteiger partial charge >= 0.3 is 5.97 Å². The maximum Gasteiger partial charge on any atom is 0.335 e. The van der Waals surface area contributed by atoms with E-state index < -0.39 is 5.97 Å². The molecule has 1 aliphatic heterocycles. The van der Waals surface area contributed by atoms with Crippen molar-refractivity contribution in [3.8, 4) is 11.4 Å². The molecule has 1 amide bonds. The van der Waals surface area contributed by atoms with E-state index >= 15 is 0 Å². The van der Waals surface area contributed by atoms with Crippen molar-refractivity contribution in [3.05, 3.63) is 71.6 Å². The standard InChI is InChI=1S/C22H21N3O4/c26-19(14-15-9-11-17(12-10-15)22(27)28)25-13-5-4-8-18(25)21-23-20(24-29-21)16-6-2-1-3-7-16/h1-3,6-7,9-12,18H,4-5,8,13-14H2,(H,27,28). The van der Waals surface area contributed by atoms with Crippen molar-refractivity contribution >= 4 is 11.9 Å². The van der Waals surface area contributed by atoms with Crippen LogP contribution in [0.4, 0.5) is 0 Å². The highest BCUT2D eigenvalue weighted by molar-refractivity contribution is 5.87. The number of carbonyl (C=O) groups is 2. The van der Waals surface area contributed by atoms with Gasteiger partial charge in [0.25, 0.3) is 0 Å². The van der Waals surface area contributed by atoms with Gasteiger partial charge in [0.1, 0.15) is 6.04 Å². The van der Waals surface area contributed by atoms with E-state index in [-0.39, 0.29) is 23.9 Å². The zero-order valence-electron chi connectivity index (χ0n) is 15.8. The molecule has 0 bridgehead atoms. The van der Waals surface area contributed by atoms with Crippen LogP contribution in [0.2, 0.25) is 0 Å². The van der Waals surface area contributed by atoms with Crippen LogP contribution in [-0.4, -0.2) is 38.6 Å². The van der Waals surface area contributed by atoms with Gasteiger partial charge < -0.3 is 14.5 Å². The number of hydrogen-bond donors (Lipinski definition) is 1. The number of piperidine rings is 1. The van der Waals surface area contributed by atoms with Gasteiger partial charge in [0.15, 0.2) is 0 Å². The van der Waals surface area contributed by atoms with E-state index in [0.29, 0.717) is 18.3 Å². The smallest absolute Gasteiger partial charge is 0.335 e. The summed E-state index contributed by atoms with van der Waals surface area (Å²) in [6, 6.07) is 15.7. The van der Waals surface area contributed by atoms with Gasteiger partial charge in [-0.25, -0.2) is 4.79 Å². The molecule has 29 heavy (non-hydrogen) atoms. The molecule has 1 aromatic heterocycles. The van der Waals surface area contributed by atoms with E-state index in [0.717, 1.165) is 30.4 Å². The Hall–Kier alpha value is -3.48. The summed E-state index contributed by atoms with van der Waals surface area (Å²) in [5.74, 6) is -0.0391. The quantitative estimate of drug-likeness (QED) is 0.712. The highest BCUT2D eigenvalue weighted by atomic mass is 16.5. The first-order chi connectivity index (χ1) is 14.1. The van der Waals surface area contributed by atoms with Crippen molar-refractivity contribution in [1.29, 1.82) is 0 Å². The first-order valence-corrected chi connectivity index (χ1v) is 9.62. The van der Waals surface area contributed by atoms with Crippen LogP contribution >= 0.6 is 0 Å². The Morgan fingerprint density at radius 1 is 1.07 bits per heavy atom. The summed E-state index contributed by atoms with van der Waals surface area (Å²) in [6.07, 6.45) is 2.90. The molecule has 1 fully saturated rings. The van der Waals surface area contributed by atoms with Crippen LogP contribution in [0, 0.1) is 0 Å². The van der Waals surface area contributed by atoms with Gasteiger partial charge in [-0.1, -0.05) is 47.6 Å². The molecule has 1 saturated heterocycles. The first kappa shape index (κ1) is 18.9. The summed E-state index contributed by atoms with van der Waals surface area (Å²) in [6.45, 7) is 0.639. The van der Waals surface area contributed by atoms with Gasteiger partial charge in [-0.05, 0) is 37.0 Å². The van der Waals surface area contributed by atoms with E-state index in [2.05, 4.69) is 10.1 Å². The molecular weight excluding hydrogens is 370 g/mol. The fraction of sp³-hybridized carbons (Fsp3) is 0.273. The zero-order chi connectivity index (χ0) is 20.2. The van der Waals surface area contributed by atoms with Crippen molar-refractivity contribution in [1.82, 2.24) is 15.0 Å². The summed E-state index contributed by atoms with van der Waals surface area (Å²) < 4.78 is 5.51. The normalized spacial score (nSPS) is 16.6. The Morgan fingerprint density at radius 3 is 2.55 bits per heavy atom.